The molecule has 0 N–H and O–H groups in total. The average Bonchev–Trinajstić information content (AvgIpc) is 1.87. The van der Waals surface area contributed by atoms with Crippen LogP contribution in [-0.2, 0) is 4.74 Å². The Bertz CT molecular complexity index is 72.8. The second-order valence-corrected chi connectivity index (χ2v) is 3.17. The molecule has 0 aromatic rings. The van der Waals surface area contributed by atoms with Crippen molar-refractivity contribution in [2.24, 2.45) is 5.92 Å². The minimum Gasteiger partial charge on any atom is -0.381 e. The van der Waals surface area contributed by atoms with E-state index in [1.54, 1.807) is 0 Å². The van der Waals surface area contributed by atoms with E-state index >= 15 is 0 Å². The van der Waals surface area contributed by atoms with Gasteiger partial charge in [-0.3, -0.25) is 0 Å². The summed E-state index contributed by atoms with van der Waals surface area (Å²) in [7, 11) is 0. The molecule has 60 valence electrons. The number of hydrogen-bond donors (Lipinski definition) is 0. The highest BCUT2D eigenvalue weighted by Crippen LogP contribution is 2.18. The van der Waals surface area contributed by atoms with Crippen molar-refractivity contribution in [3.63, 3.8) is 0 Å². The highest BCUT2D eigenvalue weighted by atomic mass is 16.5. The molecule has 1 unspecified atom stereocenters. The summed E-state index contributed by atoms with van der Waals surface area (Å²) in [4.78, 5) is 0. The van der Waals surface area contributed by atoms with Crippen molar-refractivity contribution in [1.82, 2.24) is 0 Å². The van der Waals surface area contributed by atoms with E-state index in [-0.39, 0.29) is 0 Å². The SMILES string of the molecule is CCC1CCCCOCC1. The van der Waals surface area contributed by atoms with Crippen molar-refractivity contribution in [3.05, 3.63) is 0 Å². The smallest absolute Gasteiger partial charge is 0.0468 e. The molecule has 1 aliphatic heterocycles. The molecule has 1 aliphatic rings. The fourth-order valence-corrected chi connectivity index (χ4v) is 1.54. The Labute approximate surface area is 63.8 Å². The maximum Gasteiger partial charge on any atom is 0.0468 e. The van der Waals surface area contributed by atoms with Crippen LogP contribution >= 0.6 is 0 Å². The van der Waals surface area contributed by atoms with Crippen molar-refractivity contribution in [2.45, 2.75) is 39.0 Å². The van der Waals surface area contributed by atoms with Crippen LogP contribution in [-0.4, -0.2) is 13.2 Å². The van der Waals surface area contributed by atoms with Gasteiger partial charge in [0.1, 0.15) is 0 Å². The van der Waals surface area contributed by atoms with E-state index in [1.165, 1.54) is 32.1 Å². The van der Waals surface area contributed by atoms with Crippen molar-refractivity contribution < 1.29 is 4.74 Å². The van der Waals surface area contributed by atoms with Crippen LogP contribution in [0.15, 0.2) is 0 Å². The Kier molecular flexibility index (Phi) is 3.81. The first-order valence-electron chi connectivity index (χ1n) is 4.51. The molecule has 0 aliphatic carbocycles. The van der Waals surface area contributed by atoms with E-state index in [0.717, 1.165) is 19.1 Å². The fourth-order valence-electron chi connectivity index (χ4n) is 1.54. The van der Waals surface area contributed by atoms with Gasteiger partial charge in [-0.25, -0.2) is 0 Å². The van der Waals surface area contributed by atoms with Gasteiger partial charge >= 0.3 is 0 Å². The molecule has 0 amide bonds. The van der Waals surface area contributed by atoms with Crippen LogP contribution in [0.1, 0.15) is 39.0 Å². The first-order chi connectivity index (χ1) is 4.93. The molecule has 0 radical (unpaired) electrons. The molecular formula is C9H18O. The Morgan fingerprint density at radius 2 is 2.10 bits per heavy atom. The summed E-state index contributed by atoms with van der Waals surface area (Å²) < 4.78 is 5.41. The fraction of sp³-hybridized carbons (Fsp3) is 1.00. The lowest BCUT2D eigenvalue weighted by molar-refractivity contribution is 0.0994. The lowest BCUT2D eigenvalue weighted by atomic mass is 9.95. The van der Waals surface area contributed by atoms with Crippen LogP contribution in [0.25, 0.3) is 0 Å². The molecule has 1 saturated heterocycles. The first-order valence-corrected chi connectivity index (χ1v) is 4.51. The van der Waals surface area contributed by atoms with Crippen molar-refractivity contribution in [1.29, 1.82) is 0 Å². The monoisotopic (exact) mass is 142 g/mol. The summed E-state index contributed by atoms with van der Waals surface area (Å²) >= 11 is 0. The van der Waals surface area contributed by atoms with E-state index in [4.69, 9.17) is 4.74 Å². The second-order valence-electron chi connectivity index (χ2n) is 3.17. The number of rotatable bonds is 1. The van der Waals surface area contributed by atoms with Gasteiger partial charge < -0.3 is 4.74 Å². The van der Waals surface area contributed by atoms with Crippen molar-refractivity contribution in [2.75, 3.05) is 13.2 Å². The summed E-state index contributed by atoms with van der Waals surface area (Å²) in [6.07, 6.45) is 6.70. The minimum atomic E-state index is 0.945. The van der Waals surface area contributed by atoms with Crippen LogP contribution in [0.5, 0.6) is 0 Å². The van der Waals surface area contributed by atoms with Gasteiger partial charge in [0.2, 0.25) is 0 Å². The van der Waals surface area contributed by atoms with E-state index in [2.05, 4.69) is 6.92 Å². The van der Waals surface area contributed by atoms with Gasteiger partial charge in [0, 0.05) is 13.2 Å². The zero-order chi connectivity index (χ0) is 7.23. The molecule has 1 rings (SSSR count). The summed E-state index contributed by atoms with van der Waals surface area (Å²) in [6.45, 7) is 4.28. The highest BCUT2D eigenvalue weighted by molar-refractivity contribution is 4.59. The standard InChI is InChI=1S/C9H18O/c1-2-9-5-3-4-7-10-8-6-9/h9H,2-8H2,1H3. The zero-order valence-corrected chi connectivity index (χ0v) is 6.94. The van der Waals surface area contributed by atoms with Crippen LogP contribution in [0.3, 0.4) is 0 Å². The van der Waals surface area contributed by atoms with Crippen LogP contribution in [0.4, 0.5) is 0 Å². The molecule has 0 spiro atoms. The third-order valence-corrected chi connectivity index (χ3v) is 2.40. The molecule has 0 bridgehead atoms. The van der Waals surface area contributed by atoms with Gasteiger partial charge in [0.05, 0.1) is 0 Å². The third-order valence-electron chi connectivity index (χ3n) is 2.40. The molecule has 0 aromatic carbocycles. The van der Waals surface area contributed by atoms with Crippen LogP contribution in [0, 0.1) is 5.92 Å². The van der Waals surface area contributed by atoms with E-state index in [9.17, 15) is 0 Å². The minimum absolute atomic E-state index is 0.945. The largest absolute Gasteiger partial charge is 0.381 e. The van der Waals surface area contributed by atoms with Gasteiger partial charge in [-0.2, -0.15) is 0 Å². The Morgan fingerprint density at radius 3 is 2.90 bits per heavy atom. The van der Waals surface area contributed by atoms with Gasteiger partial charge in [0.25, 0.3) is 0 Å². The van der Waals surface area contributed by atoms with E-state index in [1.807, 2.05) is 0 Å². The number of ether oxygens (including phenoxy) is 1. The Hall–Kier alpha value is -0.0400. The normalized spacial score (nSPS) is 29.1. The zero-order valence-electron chi connectivity index (χ0n) is 6.94. The maximum absolute atomic E-state index is 5.41. The summed E-state index contributed by atoms with van der Waals surface area (Å²) in [5.74, 6) is 0.945. The third kappa shape index (κ3) is 2.70. The van der Waals surface area contributed by atoms with E-state index in [0.29, 0.717) is 0 Å². The summed E-state index contributed by atoms with van der Waals surface area (Å²) in [5.41, 5.74) is 0. The Morgan fingerprint density at radius 1 is 1.20 bits per heavy atom. The molecule has 1 atom stereocenters. The Balaban J connectivity index is 2.16. The molecule has 1 heteroatoms. The quantitative estimate of drug-likeness (QED) is 0.547. The van der Waals surface area contributed by atoms with Gasteiger partial charge in [-0.05, 0) is 18.8 Å². The molecule has 1 fully saturated rings. The van der Waals surface area contributed by atoms with Gasteiger partial charge in [-0.15, -0.1) is 0 Å². The predicted octanol–water partition coefficient (Wildman–Crippen LogP) is 2.60. The highest BCUT2D eigenvalue weighted by Gasteiger charge is 2.08. The molecule has 10 heavy (non-hydrogen) atoms. The van der Waals surface area contributed by atoms with Crippen molar-refractivity contribution in [3.8, 4) is 0 Å². The summed E-state index contributed by atoms with van der Waals surface area (Å²) in [5, 5.41) is 0. The predicted molar refractivity (Wildman–Crippen MR) is 43.1 cm³/mol. The van der Waals surface area contributed by atoms with Crippen molar-refractivity contribution >= 4 is 0 Å². The number of hydrogen-bond acceptors (Lipinski definition) is 1. The topological polar surface area (TPSA) is 9.23 Å². The molecule has 0 aromatic heterocycles. The maximum atomic E-state index is 5.41. The van der Waals surface area contributed by atoms with Gasteiger partial charge in [-0.1, -0.05) is 26.2 Å². The second kappa shape index (κ2) is 4.73. The van der Waals surface area contributed by atoms with Gasteiger partial charge in [0.15, 0.2) is 0 Å². The van der Waals surface area contributed by atoms with Crippen LogP contribution < -0.4 is 0 Å². The molecule has 1 nitrogen and oxygen atoms in total. The first kappa shape index (κ1) is 8.06. The van der Waals surface area contributed by atoms with E-state index < -0.39 is 0 Å². The average molecular weight is 142 g/mol. The molecule has 1 heterocycles. The molecule has 0 saturated carbocycles. The lowest BCUT2D eigenvalue weighted by Crippen LogP contribution is -2.09. The van der Waals surface area contributed by atoms with Crippen LogP contribution in [0.2, 0.25) is 0 Å². The summed E-state index contributed by atoms with van der Waals surface area (Å²) in [6, 6.07) is 0. The lowest BCUT2D eigenvalue weighted by Gasteiger charge is -2.17. The molecular weight excluding hydrogens is 124 g/mol.